The Labute approximate surface area is 137 Å². The van der Waals surface area contributed by atoms with Crippen LogP contribution in [0.4, 0.5) is 0 Å². The Morgan fingerprint density at radius 3 is 2.39 bits per heavy atom. The third kappa shape index (κ3) is 3.21. The maximum Gasteiger partial charge on any atom is 0.163 e. The van der Waals surface area contributed by atoms with Crippen LogP contribution in [-0.2, 0) is 0 Å². The second kappa shape index (κ2) is 6.04. The van der Waals surface area contributed by atoms with Gasteiger partial charge in [-0.25, -0.2) is 0 Å². The Kier molecular flexibility index (Phi) is 4.08. The standard InChI is InChI=1S/C21H22O2/c1-21(2)13-12-18(15-8-10-17(22)11-9-15)19(21)14-20(23)16-6-4-3-5-7-16/h3-12,19,22H,13-14H2,1-2H3. The number of hydrogen-bond acceptors (Lipinski definition) is 2. The number of Topliss-reactive ketones (excluding diaryl/α,β-unsaturated/α-hetero) is 1. The van der Waals surface area contributed by atoms with Gasteiger partial charge in [-0.1, -0.05) is 62.4 Å². The molecule has 2 aromatic carbocycles. The van der Waals surface area contributed by atoms with E-state index in [1.807, 2.05) is 42.5 Å². The number of aromatic hydroxyl groups is 1. The van der Waals surface area contributed by atoms with Gasteiger partial charge in [0.25, 0.3) is 0 Å². The number of benzene rings is 2. The van der Waals surface area contributed by atoms with E-state index in [0.29, 0.717) is 6.42 Å². The maximum atomic E-state index is 12.7. The van der Waals surface area contributed by atoms with Crippen LogP contribution in [0.5, 0.6) is 5.75 Å². The molecular formula is C21H22O2. The molecular weight excluding hydrogens is 284 g/mol. The van der Waals surface area contributed by atoms with E-state index in [-0.39, 0.29) is 22.9 Å². The Morgan fingerprint density at radius 1 is 1.09 bits per heavy atom. The summed E-state index contributed by atoms with van der Waals surface area (Å²) in [5.41, 5.74) is 3.16. The van der Waals surface area contributed by atoms with Gasteiger partial charge in [-0.3, -0.25) is 4.79 Å². The summed E-state index contributed by atoms with van der Waals surface area (Å²) in [5, 5.41) is 9.49. The molecule has 0 spiro atoms. The van der Waals surface area contributed by atoms with Gasteiger partial charge >= 0.3 is 0 Å². The second-order valence-electron chi connectivity index (χ2n) is 6.94. The fourth-order valence-corrected chi connectivity index (χ4v) is 3.36. The van der Waals surface area contributed by atoms with Crippen molar-refractivity contribution in [2.75, 3.05) is 0 Å². The van der Waals surface area contributed by atoms with E-state index in [0.717, 1.165) is 17.5 Å². The zero-order chi connectivity index (χ0) is 16.4. The Morgan fingerprint density at radius 2 is 1.74 bits per heavy atom. The zero-order valence-corrected chi connectivity index (χ0v) is 13.6. The van der Waals surface area contributed by atoms with Gasteiger partial charge in [0.2, 0.25) is 0 Å². The summed E-state index contributed by atoms with van der Waals surface area (Å²) in [6, 6.07) is 16.8. The van der Waals surface area contributed by atoms with Gasteiger partial charge < -0.3 is 5.11 Å². The summed E-state index contributed by atoms with van der Waals surface area (Å²) >= 11 is 0. The average Bonchev–Trinajstić information content (AvgIpc) is 2.84. The Balaban J connectivity index is 1.86. The van der Waals surface area contributed by atoms with Crippen LogP contribution in [0.25, 0.3) is 5.57 Å². The number of carbonyl (C=O) groups excluding carboxylic acids is 1. The summed E-state index contributed by atoms with van der Waals surface area (Å²) in [6.45, 7) is 4.44. The molecule has 0 heterocycles. The molecule has 1 atom stereocenters. The molecule has 118 valence electrons. The molecule has 0 saturated carbocycles. The lowest BCUT2D eigenvalue weighted by atomic mass is 9.74. The normalized spacial score (nSPS) is 19.4. The molecule has 0 radical (unpaired) electrons. The first kappa shape index (κ1) is 15.5. The lowest BCUT2D eigenvalue weighted by Gasteiger charge is -2.29. The van der Waals surface area contributed by atoms with Gasteiger partial charge in [-0.05, 0) is 41.0 Å². The van der Waals surface area contributed by atoms with Crippen LogP contribution < -0.4 is 0 Å². The van der Waals surface area contributed by atoms with Gasteiger partial charge in [0.05, 0.1) is 0 Å². The van der Waals surface area contributed by atoms with E-state index in [1.165, 1.54) is 5.57 Å². The maximum absolute atomic E-state index is 12.7. The Hall–Kier alpha value is -2.35. The first-order valence-electron chi connectivity index (χ1n) is 8.05. The smallest absolute Gasteiger partial charge is 0.163 e. The van der Waals surface area contributed by atoms with Gasteiger partial charge in [0.1, 0.15) is 5.75 Å². The second-order valence-corrected chi connectivity index (χ2v) is 6.94. The van der Waals surface area contributed by atoms with Crippen molar-refractivity contribution in [3.63, 3.8) is 0 Å². The van der Waals surface area contributed by atoms with E-state index in [9.17, 15) is 9.90 Å². The third-order valence-corrected chi connectivity index (χ3v) is 4.85. The molecule has 0 aliphatic heterocycles. The minimum absolute atomic E-state index is 0.0671. The number of allylic oxidation sites excluding steroid dienone is 2. The monoisotopic (exact) mass is 306 g/mol. The largest absolute Gasteiger partial charge is 0.508 e. The number of rotatable bonds is 4. The molecule has 1 N–H and O–H groups in total. The predicted molar refractivity (Wildman–Crippen MR) is 93.4 cm³/mol. The van der Waals surface area contributed by atoms with Crippen molar-refractivity contribution in [3.05, 3.63) is 71.8 Å². The van der Waals surface area contributed by atoms with Gasteiger partial charge in [0, 0.05) is 12.0 Å². The molecule has 2 nitrogen and oxygen atoms in total. The SMILES string of the molecule is CC1(C)CC=C(c2ccc(O)cc2)C1CC(=O)c1ccccc1. The number of phenolic OH excluding ortho intramolecular Hbond substituents is 1. The van der Waals surface area contributed by atoms with Crippen molar-refractivity contribution < 1.29 is 9.90 Å². The summed E-state index contributed by atoms with van der Waals surface area (Å²) in [6.07, 6.45) is 3.73. The zero-order valence-electron chi connectivity index (χ0n) is 13.6. The first-order chi connectivity index (χ1) is 11.0. The molecule has 23 heavy (non-hydrogen) atoms. The molecule has 2 aromatic rings. The molecule has 2 heteroatoms. The van der Waals surface area contributed by atoms with Gasteiger partial charge in [-0.2, -0.15) is 0 Å². The highest BCUT2D eigenvalue weighted by molar-refractivity contribution is 5.97. The van der Waals surface area contributed by atoms with Crippen molar-refractivity contribution in [2.45, 2.75) is 26.7 Å². The van der Waals surface area contributed by atoms with Crippen LogP contribution in [0, 0.1) is 11.3 Å². The van der Waals surface area contributed by atoms with Crippen molar-refractivity contribution >= 4 is 11.4 Å². The average molecular weight is 306 g/mol. The van der Waals surface area contributed by atoms with E-state index in [1.54, 1.807) is 12.1 Å². The highest BCUT2D eigenvalue weighted by Gasteiger charge is 2.38. The van der Waals surface area contributed by atoms with E-state index in [2.05, 4.69) is 19.9 Å². The van der Waals surface area contributed by atoms with E-state index in [4.69, 9.17) is 0 Å². The van der Waals surface area contributed by atoms with Gasteiger partial charge in [-0.15, -0.1) is 0 Å². The summed E-state index contributed by atoms with van der Waals surface area (Å²) in [5.74, 6) is 0.651. The highest BCUT2D eigenvalue weighted by Crippen LogP contribution is 2.48. The Bertz CT molecular complexity index is 724. The number of ketones is 1. The van der Waals surface area contributed by atoms with Crippen LogP contribution in [0.15, 0.2) is 60.7 Å². The van der Waals surface area contributed by atoms with Crippen LogP contribution >= 0.6 is 0 Å². The molecule has 0 bridgehead atoms. The van der Waals surface area contributed by atoms with Crippen LogP contribution in [0.3, 0.4) is 0 Å². The predicted octanol–water partition coefficient (Wildman–Crippen LogP) is 5.09. The van der Waals surface area contributed by atoms with Crippen molar-refractivity contribution in [1.29, 1.82) is 0 Å². The van der Waals surface area contributed by atoms with E-state index >= 15 is 0 Å². The minimum atomic E-state index is 0.0671. The fraction of sp³-hybridized carbons (Fsp3) is 0.286. The fourth-order valence-electron chi connectivity index (χ4n) is 3.36. The van der Waals surface area contributed by atoms with E-state index < -0.39 is 0 Å². The molecule has 3 rings (SSSR count). The number of carbonyl (C=O) groups is 1. The number of hydrogen-bond donors (Lipinski definition) is 1. The van der Waals surface area contributed by atoms with Crippen molar-refractivity contribution in [2.24, 2.45) is 11.3 Å². The van der Waals surface area contributed by atoms with Crippen LogP contribution in [0.2, 0.25) is 0 Å². The highest BCUT2D eigenvalue weighted by atomic mass is 16.3. The lowest BCUT2D eigenvalue weighted by Crippen LogP contribution is -2.23. The lowest BCUT2D eigenvalue weighted by molar-refractivity contribution is 0.0944. The van der Waals surface area contributed by atoms with Crippen LogP contribution in [0.1, 0.15) is 42.6 Å². The third-order valence-electron chi connectivity index (χ3n) is 4.85. The molecule has 0 amide bonds. The molecule has 1 unspecified atom stereocenters. The summed E-state index contributed by atoms with van der Waals surface area (Å²) < 4.78 is 0. The van der Waals surface area contributed by atoms with Crippen molar-refractivity contribution in [3.8, 4) is 5.75 Å². The number of phenols is 1. The van der Waals surface area contributed by atoms with Crippen molar-refractivity contribution in [1.82, 2.24) is 0 Å². The first-order valence-corrected chi connectivity index (χ1v) is 8.05. The molecule has 0 saturated heterocycles. The molecule has 1 aliphatic rings. The van der Waals surface area contributed by atoms with Crippen LogP contribution in [-0.4, -0.2) is 10.9 Å². The molecule has 0 aromatic heterocycles. The molecule has 1 aliphatic carbocycles. The summed E-state index contributed by atoms with van der Waals surface area (Å²) in [4.78, 5) is 12.7. The molecule has 0 fully saturated rings. The summed E-state index contributed by atoms with van der Waals surface area (Å²) in [7, 11) is 0. The van der Waals surface area contributed by atoms with Gasteiger partial charge in [0.15, 0.2) is 5.78 Å². The topological polar surface area (TPSA) is 37.3 Å². The minimum Gasteiger partial charge on any atom is -0.508 e. The quantitative estimate of drug-likeness (QED) is 0.798.